The van der Waals surface area contributed by atoms with E-state index in [2.05, 4.69) is 5.32 Å². The van der Waals surface area contributed by atoms with Crippen LogP contribution in [0.5, 0.6) is 0 Å². The number of hydrogen-bond acceptors (Lipinski definition) is 8. The molecule has 0 aliphatic heterocycles. The maximum Gasteiger partial charge on any atom is 0.320 e. The molecule has 8 heteroatoms. The maximum atomic E-state index is 12.1. The molecule has 0 unspecified atom stereocenters. The van der Waals surface area contributed by atoms with Crippen LogP contribution in [0.25, 0.3) is 0 Å². The highest BCUT2D eigenvalue weighted by Gasteiger charge is 2.23. The molecule has 0 rings (SSSR count). The van der Waals surface area contributed by atoms with E-state index < -0.39 is 28.7 Å². The van der Waals surface area contributed by atoms with Crippen molar-refractivity contribution in [3.8, 4) is 0 Å². The summed E-state index contributed by atoms with van der Waals surface area (Å²) in [7, 11) is 0. The van der Waals surface area contributed by atoms with Crippen LogP contribution in [0.4, 0.5) is 0 Å². The third-order valence-corrected chi connectivity index (χ3v) is 2.84. The van der Waals surface area contributed by atoms with Crippen LogP contribution in [-0.4, -0.2) is 72.3 Å². The summed E-state index contributed by atoms with van der Waals surface area (Å²) >= 11 is 0. The van der Waals surface area contributed by atoms with Crippen LogP contribution in [0.15, 0.2) is 0 Å². The van der Waals surface area contributed by atoms with Crippen LogP contribution in [0.3, 0.4) is 0 Å². The van der Waals surface area contributed by atoms with Crippen LogP contribution in [0, 0.1) is 0 Å². The highest BCUT2D eigenvalue weighted by atomic mass is 16.6. The Morgan fingerprint density at radius 3 is 1.39 bits per heavy atom. The Kier molecular flexibility index (Phi) is 10.1. The van der Waals surface area contributed by atoms with Crippen molar-refractivity contribution in [2.75, 3.05) is 32.7 Å². The first-order valence-electron chi connectivity index (χ1n) is 9.55. The molecule has 0 atom stereocenters. The average Bonchev–Trinajstić information content (AvgIpc) is 2.36. The van der Waals surface area contributed by atoms with Gasteiger partial charge in [-0.2, -0.15) is 0 Å². The van der Waals surface area contributed by atoms with Gasteiger partial charge < -0.3 is 19.5 Å². The molecule has 0 saturated carbocycles. The van der Waals surface area contributed by atoms with Gasteiger partial charge >= 0.3 is 17.9 Å². The van der Waals surface area contributed by atoms with E-state index >= 15 is 0 Å². The lowest BCUT2D eigenvalue weighted by atomic mass is 10.2. The lowest BCUT2D eigenvalue weighted by Crippen LogP contribution is -2.43. The van der Waals surface area contributed by atoms with E-state index in [0.717, 1.165) is 0 Å². The number of hydrogen-bond donors (Lipinski definition) is 1. The monoisotopic (exact) mass is 402 g/mol. The van der Waals surface area contributed by atoms with Crippen molar-refractivity contribution in [2.45, 2.75) is 79.1 Å². The lowest BCUT2D eigenvalue weighted by Gasteiger charge is -2.26. The van der Waals surface area contributed by atoms with Crippen LogP contribution < -0.4 is 5.32 Å². The zero-order valence-corrected chi connectivity index (χ0v) is 18.9. The standard InChI is InChI=1S/C20H38N2O6/c1-18(2,3)26-15(23)12-21-10-11-22(13-16(24)27-19(4,5)6)14-17(25)28-20(7,8)9/h21H,10-14H2,1-9H3. The fourth-order valence-corrected chi connectivity index (χ4v) is 2.13. The van der Waals surface area contributed by atoms with Gasteiger partial charge in [0.25, 0.3) is 0 Å². The minimum absolute atomic E-state index is 0.0456. The molecule has 0 aliphatic rings. The molecule has 0 saturated heterocycles. The van der Waals surface area contributed by atoms with Gasteiger partial charge in [0.1, 0.15) is 16.8 Å². The maximum absolute atomic E-state index is 12.1. The van der Waals surface area contributed by atoms with Crippen molar-refractivity contribution in [1.29, 1.82) is 0 Å². The summed E-state index contributed by atoms with van der Waals surface area (Å²) in [5.41, 5.74) is -1.76. The van der Waals surface area contributed by atoms with Crippen LogP contribution >= 0.6 is 0 Å². The molecule has 0 aromatic carbocycles. The Bertz CT molecular complexity index is 496. The third-order valence-electron chi connectivity index (χ3n) is 2.84. The fourth-order valence-electron chi connectivity index (χ4n) is 2.13. The summed E-state index contributed by atoms with van der Waals surface area (Å²) in [6.45, 7) is 16.8. The highest BCUT2D eigenvalue weighted by Crippen LogP contribution is 2.10. The van der Waals surface area contributed by atoms with Gasteiger partial charge in [0.2, 0.25) is 0 Å². The molecular formula is C20H38N2O6. The van der Waals surface area contributed by atoms with Gasteiger partial charge in [-0.1, -0.05) is 0 Å². The van der Waals surface area contributed by atoms with E-state index in [1.54, 1.807) is 67.2 Å². The molecule has 0 fully saturated rings. The predicted molar refractivity (Wildman–Crippen MR) is 107 cm³/mol. The van der Waals surface area contributed by atoms with E-state index in [0.29, 0.717) is 13.1 Å². The van der Waals surface area contributed by atoms with Gasteiger partial charge in [0, 0.05) is 13.1 Å². The molecule has 0 amide bonds. The summed E-state index contributed by atoms with van der Waals surface area (Å²) in [5.74, 6) is -1.22. The largest absolute Gasteiger partial charge is 0.459 e. The Hall–Kier alpha value is -1.67. The average molecular weight is 403 g/mol. The number of esters is 3. The first-order chi connectivity index (χ1) is 12.5. The smallest absolute Gasteiger partial charge is 0.320 e. The topological polar surface area (TPSA) is 94.2 Å². The molecule has 0 aliphatic carbocycles. The van der Waals surface area contributed by atoms with Gasteiger partial charge in [-0.3, -0.25) is 19.3 Å². The van der Waals surface area contributed by atoms with Crippen LogP contribution in [0.1, 0.15) is 62.3 Å². The molecule has 8 nitrogen and oxygen atoms in total. The Labute approximate surface area is 169 Å². The summed E-state index contributed by atoms with van der Waals surface area (Å²) in [5, 5.41) is 2.96. The number of nitrogens with one attached hydrogen (secondary N) is 1. The second kappa shape index (κ2) is 10.8. The molecule has 0 radical (unpaired) electrons. The minimum Gasteiger partial charge on any atom is -0.459 e. The van der Waals surface area contributed by atoms with Crippen molar-refractivity contribution in [1.82, 2.24) is 10.2 Å². The Morgan fingerprint density at radius 1 is 0.679 bits per heavy atom. The van der Waals surface area contributed by atoms with Gasteiger partial charge in [-0.25, -0.2) is 0 Å². The molecule has 164 valence electrons. The summed E-state index contributed by atoms with van der Waals surface area (Å²) in [4.78, 5) is 37.6. The van der Waals surface area contributed by atoms with Crippen molar-refractivity contribution >= 4 is 17.9 Å². The first kappa shape index (κ1) is 26.3. The van der Waals surface area contributed by atoms with Crippen LogP contribution in [-0.2, 0) is 28.6 Å². The minimum atomic E-state index is -0.608. The second-order valence-corrected chi connectivity index (χ2v) is 9.65. The van der Waals surface area contributed by atoms with Crippen molar-refractivity contribution in [3.05, 3.63) is 0 Å². The number of ether oxygens (including phenoxy) is 3. The highest BCUT2D eigenvalue weighted by molar-refractivity contribution is 5.75. The molecular weight excluding hydrogens is 364 g/mol. The van der Waals surface area contributed by atoms with Gasteiger partial charge in [0.05, 0.1) is 19.6 Å². The molecule has 28 heavy (non-hydrogen) atoms. The summed E-state index contributed by atoms with van der Waals surface area (Å²) in [6.07, 6.45) is 0. The predicted octanol–water partition coefficient (Wildman–Crippen LogP) is 1.90. The summed E-state index contributed by atoms with van der Waals surface area (Å²) in [6, 6.07) is 0. The molecule has 0 heterocycles. The van der Waals surface area contributed by atoms with Crippen molar-refractivity contribution in [2.24, 2.45) is 0 Å². The Balaban J connectivity index is 4.65. The summed E-state index contributed by atoms with van der Waals surface area (Å²) < 4.78 is 15.9. The first-order valence-corrected chi connectivity index (χ1v) is 9.55. The van der Waals surface area contributed by atoms with E-state index in [1.807, 2.05) is 0 Å². The number of carbonyl (C=O) groups is 3. The van der Waals surface area contributed by atoms with E-state index in [4.69, 9.17) is 14.2 Å². The van der Waals surface area contributed by atoms with Crippen molar-refractivity contribution < 1.29 is 28.6 Å². The zero-order valence-electron chi connectivity index (χ0n) is 18.9. The third kappa shape index (κ3) is 16.5. The lowest BCUT2D eigenvalue weighted by molar-refractivity contribution is -0.160. The number of carbonyl (C=O) groups excluding carboxylic acids is 3. The molecule has 1 N–H and O–H groups in total. The van der Waals surface area contributed by atoms with E-state index in [1.165, 1.54) is 0 Å². The number of rotatable bonds is 9. The van der Waals surface area contributed by atoms with E-state index in [9.17, 15) is 14.4 Å². The van der Waals surface area contributed by atoms with Crippen molar-refractivity contribution in [3.63, 3.8) is 0 Å². The fraction of sp³-hybridized carbons (Fsp3) is 0.850. The quantitative estimate of drug-likeness (QED) is 0.355. The Morgan fingerprint density at radius 2 is 1.04 bits per heavy atom. The SMILES string of the molecule is CC(C)(C)OC(=O)CNCCN(CC(=O)OC(C)(C)C)CC(=O)OC(C)(C)C. The number of nitrogens with zero attached hydrogens (tertiary/aromatic N) is 1. The molecule has 0 bridgehead atoms. The van der Waals surface area contributed by atoms with Gasteiger partial charge in [0.15, 0.2) is 0 Å². The van der Waals surface area contributed by atoms with E-state index in [-0.39, 0.29) is 25.6 Å². The zero-order chi connectivity index (χ0) is 22.2. The molecule has 0 aromatic rings. The van der Waals surface area contributed by atoms with Gasteiger partial charge in [-0.05, 0) is 62.3 Å². The molecule has 0 spiro atoms. The van der Waals surface area contributed by atoms with Crippen LogP contribution in [0.2, 0.25) is 0 Å². The van der Waals surface area contributed by atoms with Gasteiger partial charge in [-0.15, -0.1) is 0 Å². The molecule has 0 aromatic heterocycles. The second-order valence-electron chi connectivity index (χ2n) is 9.65. The normalized spacial score (nSPS) is 12.6.